The maximum absolute atomic E-state index is 13.9. The third kappa shape index (κ3) is 12.6. The molecule has 3 atom stereocenters. The number of likely N-dealkylation sites (tertiary alicyclic amines) is 3. The molecule has 6 N–H and O–H groups in total. The van der Waals surface area contributed by atoms with Crippen LogP contribution in [-0.2, 0) is 0 Å². The van der Waals surface area contributed by atoms with Gasteiger partial charge in [0.1, 0.15) is 35.5 Å². The first-order valence-corrected chi connectivity index (χ1v) is 32.4. The molecule has 3 aromatic carbocycles. The number of aromatic amines is 3. The SMILES string of the molecule is CC(Nc1ncnc2nc[nH]c12)c1cc2ccccc2c(=O)n1C1CCN(C)CC1.CCC(Nc1ncnc2nc[nH]c12)c1cc2cccc(C)c2c(=O)n1C1CCN(C)CC1.Cc1cccc2cc(C(C)Nc3ncnc4nc[nH]c34)n(C3CCN(C)CC3)c(=O)c12. The van der Waals surface area contributed by atoms with Crippen molar-refractivity contribution in [1.29, 1.82) is 0 Å². The number of H-pyrrole nitrogens is 3. The van der Waals surface area contributed by atoms with E-state index in [9.17, 15) is 14.4 Å². The fourth-order valence-electron chi connectivity index (χ4n) is 14.0. The lowest BCUT2D eigenvalue weighted by atomic mass is 9.98. The lowest BCUT2D eigenvalue weighted by Gasteiger charge is -2.34. The van der Waals surface area contributed by atoms with Gasteiger partial charge in [0.15, 0.2) is 34.4 Å². The molecule has 12 heterocycles. The monoisotopic (exact) mass is 1250 g/mol. The molecule has 0 aliphatic carbocycles. The maximum Gasteiger partial charge on any atom is 0.259 e. The number of anilines is 3. The molecule has 3 saturated heterocycles. The molecular formula is C69H81N21O3. The van der Waals surface area contributed by atoms with Crippen molar-refractivity contribution in [2.45, 2.75) is 116 Å². The van der Waals surface area contributed by atoms with E-state index in [0.29, 0.717) is 34.4 Å². The molecule has 480 valence electrons. The standard InChI is InChI=1S/C24H29N7O.C23H27N7O.C22H25N7O/c1-4-18(29-23-21-22(26-13-25-21)27-14-28-23)19-12-16-7-5-6-15(2)20(16)24(32)31(19)17-8-10-30(3)11-9-17;1-14-5-4-6-16-11-18(15(2)28-22-20-21(25-12-24-20)26-13-27-22)30(23(31)19(14)16)17-7-9-29(3)10-8-17;1-14(27-21-19-20(24-12-23-19)25-13-26-21)18-11-15-5-3-4-6-17(15)22(30)29(18)16-7-9-28(2)10-8-16/h5-7,12-14,17-18H,4,8-11H2,1-3H3,(H2,25,26,27,28,29);4-6,11-13,15,17H,7-10H2,1-3H3,(H2,24,25,26,27,28);3-6,11-14,16H,7-10H2,1-2H3,(H2,23,24,25,26,27). The van der Waals surface area contributed by atoms with Gasteiger partial charge in [-0.05, 0) is 185 Å². The van der Waals surface area contributed by atoms with E-state index < -0.39 is 0 Å². The number of piperidine rings is 3. The molecule has 3 unspecified atom stereocenters. The van der Waals surface area contributed by atoms with Gasteiger partial charge in [-0.2, -0.15) is 0 Å². The van der Waals surface area contributed by atoms with E-state index in [1.54, 1.807) is 19.0 Å². The summed E-state index contributed by atoms with van der Waals surface area (Å²) in [4.78, 5) is 96.0. The second-order valence-electron chi connectivity index (χ2n) is 25.3. The van der Waals surface area contributed by atoms with E-state index in [4.69, 9.17) is 0 Å². The molecule has 0 spiro atoms. The number of nitrogens with zero attached hydrogens (tertiary/aromatic N) is 15. The number of hydrogen-bond acceptors (Lipinski definition) is 18. The van der Waals surface area contributed by atoms with E-state index in [2.05, 4.69) is 155 Å². The van der Waals surface area contributed by atoms with Gasteiger partial charge in [-0.1, -0.05) is 61.5 Å². The summed E-state index contributed by atoms with van der Waals surface area (Å²) in [5, 5.41) is 15.9. The van der Waals surface area contributed by atoms with Gasteiger partial charge < -0.3 is 59.3 Å². The van der Waals surface area contributed by atoms with Crippen LogP contribution in [0.2, 0.25) is 0 Å². The van der Waals surface area contributed by atoms with Crippen molar-refractivity contribution in [3.63, 3.8) is 0 Å². The normalized spacial score (nSPS) is 16.7. The smallest absolute Gasteiger partial charge is 0.259 e. The second-order valence-corrected chi connectivity index (χ2v) is 25.3. The van der Waals surface area contributed by atoms with Gasteiger partial charge >= 0.3 is 0 Å². The first kappa shape index (κ1) is 62.0. The van der Waals surface area contributed by atoms with E-state index in [1.165, 1.54) is 19.0 Å². The van der Waals surface area contributed by atoms with E-state index in [0.717, 1.165) is 161 Å². The zero-order valence-electron chi connectivity index (χ0n) is 54.1. The summed E-state index contributed by atoms with van der Waals surface area (Å²) < 4.78 is 6.11. The quantitative estimate of drug-likeness (QED) is 0.0626. The van der Waals surface area contributed by atoms with Crippen molar-refractivity contribution >= 4 is 83.3 Å². The van der Waals surface area contributed by atoms with Crippen LogP contribution in [0.3, 0.4) is 0 Å². The molecule has 0 amide bonds. The zero-order chi connectivity index (χ0) is 64.4. The van der Waals surface area contributed by atoms with Crippen LogP contribution in [0.25, 0.3) is 65.8 Å². The van der Waals surface area contributed by atoms with Gasteiger partial charge in [0.2, 0.25) is 0 Å². The van der Waals surface area contributed by atoms with Gasteiger partial charge in [0, 0.05) is 40.6 Å². The molecule has 12 aromatic rings. The lowest BCUT2D eigenvalue weighted by molar-refractivity contribution is 0.216. The topological polar surface area (TPSA) is 275 Å². The molecule has 0 saturated carbocycles. The summed E-state index contributed by atoms with van der Waals surface area (Å²) in [6.45, 7) is 16.3. The highest BCUT2D eigenvalue weighted by atomic mass is 16.1. The molecular weight excluding hydrogens is 1170 g/mol. The molecule has 9 aromatic heterocycles. The molecule has 0 radical (unpaired) electrons. The molecule has 93 heavy (non-hydrogen) atoms. The second kappa shape index (κ2) is 26.8. The predicted molar refractivity (Wildman–Crippen MR) is 367 cm³/mol. The molecule has 3 fully saturated rings. The van der Waals surface area contributed by atoms with Gasteiger partial charge in [-0.3, -0.25) is 14.4 Å². The van der Waals surface area contributed by atoms with E-state index in [-0.39, 0.29) is 52.9 Å². The molecule has 0 bridgehead atoms. The van der Waals surface area contributed by atoms with Crippen molar-refractivity contribution in [2.24, 2.45) is 0 Å². The molecule has 3 aliphatic heterocycles. The first-order chi connectivity index (χ1) is 45.2. The number of fused-ring (bicyclic) bond motifs is 6. The Morgan fingerprint density at radius 2 is 0.817 bits per heavy atom. The minimum Gasteiger partial charge on any atom is -0.360 e. The number of rotatable bonds is 13. The Bertz CT molecular complexity index is 4830. The van der Waals surface area contributed by atoms with Crippen LogP contribution < -0.4 is 32.6 Å². The van der Waals surface area contributed by atoms with Crippen LogP contribution in [0.15, 0.2) is 131 Å². The fraction of sp³-hybridized carbons (Fsp3) is 0.391. The van der Waals surface area contributed by atoms with Crippen molar-refractivity contribution in [2.75, 3.05) is 76.4 Å². The maximum atomic E-state index is 13.9. The van der Waals surface area contributed by atoms with Gasteiger partial charge in [-0.15, -0.1) is 0 Å². The summed E-state index contributed by atoms with van der Waals surface area (Å²) in [6.07, 6.45) is 16.0. The first-order valence-electron chi connectivity index (χ1n) is 32.4. The zero-order valence-corrected chi connectivity index (χ0v) is 54.1. The largest absolute Gasteiger partial charge is 0.360 e. The van der Waals surface area contributed by atoms with Gasteiger partial charge in [0.25, 0.3) is 16.7 Å². The van der Waals surface area contributed by atoms with Crippen LogP contribution in [-0.4, -0.2) is 149 Å². The number of hydrogen-bond donors (Lipinski definition) is 6. The number of aromatic nitrogens is 15. The van der Waals surface area contributed by atoms with Crippen molar-refractivity contribution in [3.8, 4) is 0 Å². The number of aryl methyl sites for hydroxylation is 2. The van der Waals surface area contributed by atoms with Gasteiger partial charge in [0.05, 0.1) is 47.9 Å². The summed E-state index contributed by atoms with van der Waals surface area (Å²) in [7, 11) is 6.42. The summed E-state index contributed by atoms with van der Waals surface area (Å²) >= 11 is 0. The van der Waals surface area contributed by atoms with E-state index >= 15 is 0 Å². The predicted octanol–water partition coefficient (Wildman–Crippen LogP) is 10.3. The average Bonchev–Trinajstić information content (AvgIpc) is 1.43. The molecule has 3 aliphatic rings. The minimum absolute atomic E-state index is 0.0753. The Balaban J connectivity index is 0.000000127. The number of benzene rings is 3. The fourth-order valence-corrected chi connectivity index (χ4v) is 14.0. The summed E-state index contributed by atoms with van der Waals surface area (Å²) in [6, 6.07) is 26.7. The van der Waals surface area contributed by atoms with Crippen molar-refractivity contribution in [3.05, 3.63) is 176 Å². The highest BCUT2D eigenvalue weighted by Crippen LogP contribution is 2.35. The Hall–Kier alpha value is -9.78. The van der Waals surface area contributed by atoms with Crippen molar-refractivity contribution in [1.82, 2.24) is 88.2 Å². The van der Waals surface area contributed by atoms with Crippen LogP contribution in [0.5, 0.6) is 0 Å². The van der Waals surface area contributed by atoms with Crippen molar-refractivity contribution < 1.29 is 0 Å². The van der Waals surface area contributed by atoms with Crippen LogP contribution in [0.4, 0.5) is 17.5 Å². The third-order valence-corrected chi connectivity index (χ3v) is 19.1. The van der Waals surface area contributed by atoms with E-state index in [1.807, 2.05) is 83.6 Å². The van der Waals surface area contributed by atoms with Crippen LogP contribution in [0, 0.1) is 13.8 Å². The molecule has 24 nitrogen and oxygen atoms in total. The summed E-state index contributed by atoms with van der Waals surface area (Å²) in [5.41, 5.74) is 9.46. The molecule has 15 rings (SSSR count). The Morgan fingerprint density at radius 3 is 1.25 bits per heavy atom. The Labute approximate surface area is 537 Å². The number of imidazole rings is 3. The van der Waals surface area contributed by atoms with Crippen LogP contribution >= 0.6 is 0 Å². The Morgan fingerprint density at radius 1 is 0.452 bits per heavy atom. The number of nitrogens with one attached hydrogen (secondary N) is 6. The minimum atomic E-state index is -0.126. The number of pyridine rings is 3. The highest BCUT2D eigenvalue weighted by Gasteiger charge is 2.30. The highest BCUT2D eigenvalue weighted by molar-refractivity contribution is 5.88. The third-order valence-electron chi connectivity index (χ3n) is 19.1. The van der Waals surface area contributed by atoms with Gasteiger partial charge in [-0.25, -0.2) is 44.9 Å². The lowest BCUT2D eigenvalue weighted by Crippen LogP contribution is -2.38. The average molecular weight is 1250 g/mol. The molecule has 24 heteroatoms. The Kier molecular flexibility index (Phi) is 17.9. The summed E-state index contributed by atoms with van der Waals surface area (Å²) in [5.74, 6) is 2.06. The van der Waals surface area contributed by atoms with Crippen LogP contribution in [0.1, 0.15) is 130 Å².